The zero-order valence-electron chi connectivity index (χ0n) is 46.0. The maximum Gasteiger partial charge on any atom is 0.0494 e. The zero-order chi connectivity index (χ0) is 53.9. The lowest BCUT2D eigenvalue weighted by molar-refractivity contribution is 1.01. The molecular formula is C78H58N2. The molecule has 0 aliphatic carbocycles. The summed E-state index contributed by atoms with van der Waals surface area (Å²) in [5, 5.41) is 21.0. The summed E-state index contributed by atoms with van der Waals surface area (Å²) in [6.45, 7) is 8.75. The van der Waals surface area contributed by atoms with Gasteiger partial charge in [-0.3, -0.25) is 0 Å². The third-order valence-electron chi connectivity index (χ3n) is 17.3. The van der Waals surface area contributed by atoms with Crippen molar-refractivity contribution in [3.05, 3.63) is 265 Å². The van der Waals surface area contributed by atoms with E-state index in [-0.39, 0.29) is 0 Å². The smallest absolute Gasteiger partial charge is 0.0494 e. The molecule has 0 bridgehead atoms. The minimum Gasteiger partial charge on any atom is -0.344 e. The molecule has 0 spiro atoms. The van der Waals surface area contributed by atoms with Crippen LogP contribution in [0, 0.1) is 27.7 Å². The Hall–Kier alpha value is -9.76. The van der Waals surface area contributed by atoms with E-state index in [0.29, 0.717) is 0 Å². The van der Waals surface area contributed by atoms with Crippen LogP contribution in [0.25, 0.3) is 153 Å². The van der Waals surface area contributed by atoms with Gasteiger partial charge in [0, 0.05) is 57.7 Å². The number of fused-ring (bicyclic) bond motifs is 18. The van der Waals surface area contributed by atoms with Crippen LogP contribution in [0.2, 0.25) is 0 Å². The monoisotopic (exact) mass is 1020 g/mol. The van der Waals surface area contributed by atoms with Crippen LogP contribution in [0.5, 0.6) is 0 Å². The van der Waals surface area contributed by atoms with Crippen LogP contribution in [0.15, 0.2) is 243 Å². The summed E-state index contributed by atoms with van der Waals surface area (Å²) in [5.74, 6) is 0. The second kappa shape index (κ2) is 18.4. The molecule has 0 saturated carbocycles. The molecule has 0 atom stereocenters. The number of aryl methyl sites for hydroxylation is 6. The molecular weight excluding hydrogens is 965 g/mol. The number of nitrogens with zero attached hydrogens (tertiary/aromatic N) is 2. The van der Waals surface area contributed by atoms with E-state index in [1.165, 1.54) is 175 Å². The van der Waals surface area contributed by atoms with E-state index in [1.807, 2.05) is 0 Å². The standard InChI is InChI=1S/2C39H29N/c1-24-12-17-38-37(20-24)35-16-14-27(23-39(35)40(38)3)29-19-25(2)18-28(21-29)26-13-15-34-32-10-5-4-8-30(32)31-9-6-7-11-33(31)36(34)22-26;1-24-12-16-38-36(20-24)37-23-27(14-17-39(37)40(38)3)29-19-25(2)18-28(21-29)26-13-15-34-32-10-5-4-8-30(32)31-9-6-7-11-33(31)35(34)22-26/h2*4-23H,1-3H3. The molecule has 16 aromatic rings. The van der Waals surface area contributed by atoms with Gasteiger partial charge in [-0.25, -0.2) is 0 Å². The van der Waals surface area contributed by atoms with E-state index in [9.17, 15) is 0 Å². The summed E-state index contributed by atoms with van der Waals surface area (Å²) >= 11 is 0. The Morgan fingerprint density at radius 1 is 0.175 bits per heavy atom. The van der Waals surface area contributed by atoms with Gasteiger partial charge in [-0.2, -0.15) is 0 Å². The highest BCUT2D eigenvalue weighted by molar-refractivity contribution is 6.27. The Labute approximate surface area is 466 Å². The van der Waals surface area contributed by atoms with Crippen LogP contribution in [-0.2, 0) is 14.1 Å². The number of aromatic nitrogens is 2. The summed E-state index contributed by atoms with van der Waals surface area (Å²) < 4.78 is 4.63. The average molecular weight is 1020 g/mol. The van der Waals surface area contributed by atoms with Crippen LogP contribution in [0.4, 0.5) is 0 Å². The zero-order valence-corrected chi connectivity index (χ0v) is 46.0. The maximum atomic E-state index is 2.39. The first-order chi connectivity index (χ1) is 39.1. The molecule has 80 heavy (non-hydrogen) atoms. The number of hydrogen-bond acceptors (Lipinski definition) is 0. The number of benzene rings is 14. The van der Waals surface area contributed by atoms with Crippen LogP contribution >= 0.6 is 0 Å². The van der Waals surface area contributed by atoms with E-state index in [2.05, 4.69) is 294 Å². The topological polar surface area (TPSA) is 9.86 Å². The molecule has 2 heterocycles. The molecule has 0 amide bonds. The summed E-state index contributed by atoms with van der Waals surface area (Å²) in [7, 11) is 4.34. The van der Waals surface area contributed by atoms with Crippen molar-refractivity contribution in [2.45, 2.75) is 27.7 Å². The van der Waals surface area contributed by atoms with Gasteiger partial charge in [-0.1, -0.05) is 187 Å². The SMILES string of the molecule is Cc1cc(-c2ccc3c4ccccc4c4ccccc4c3c2)cc(-c2ccc3c(c2)c2cc(C)ccc2n3C)c1.Cc1cc(-c2ccc3c4ccccc4c4ccccc4c3c2)cc(-c2ccc3c4cc(C)ccc4n(C)c3c2)c1. The molecule has 2 nitrogen and oxygen atoms in total. The first-order valence-electron chi connectivity index (χ1n) is 28.0. The quantitative estimate of drug-likeness (QED) is 0.156. The fourth-order valence-electron chi connectivity index (χ4n) is 13.4. The van der Waals surface area contributed by atoms with Crippen LogP contribution < -0.4 is 0 Å². The van der Waals surface area contributed by atoms with Crippen LogP contribution in [0.3, 0.4) is 0 Å². The van der Waals surface area contributed by atoms with Gasteiger partial charge < -0.3 is 9.13 Å². The Kier molecular flexibility index (Phi) is 10.9. The Morgan fingerprint density at radius 2 is 0.450 bits per heavy atom. The first kappa shape index (κ1) is 47.5. The molecule has 0 aliphatic heterocycles. The maximum absolute atomic E-state index is 2.39. The van der Waals surface area contributed by atoms with Gasteiger partial charge in [0.1, 0.15) is 0 Å². The lowest BCUT2D eigenvalue weighted by Crippen LogP contribution is -1.89. The summed E-state index contributed by atoms with van der Waals surface area (Å²) in [6, 6.07) is 90.4. The first-order valence-corrected chi connectivity index (χ1v) is 28.0. The lowest BCUT2D eigenvalue weighted by Gasteiger charge is -2.13. The minimum atomic E-state index is 1.25. The molecule has 0 radical (unpaired) electrons. The molecule has 14 aromatic carbocycles. The van der Waals surface area contributed by atoms with Crippen molar-refractivity contribution in [1.29, 1.82) is 0 Å². The van der Waals surface area contributed by atoms with Crippen molar-refractivity contribution < 1.29 is 0 Å². The Bertz CT molecular complexity index is 5180. The van der Waals surface area contributed by atoms with Gasteiger partial charge in [-0.05, 0) is 215 Å². The Morgan fingerprint density at radius 3 is 0.850 bits per heavy atom. The second-order valence-electron chi connectivity index (χ2n) is 22.5. The number of rotatable bonds is 4. The molecule has 0 fully saturated rings. The van der Waals surface area contributed by atoms with E-state index in [1.54, 1.807) is 0 Å². The van der Waals surface area contributed by atoms with Crippen molar-refractivity contribution in [3.63, 3.8) is 0 Å². The van der Waals surface area contributed by atoms with E-state index < -0.39 is 0 Å². The normalized spacial score (nSPS) is 11.9. The molecule has 0 N–H and O–H groups in total. The molecule has 380 valence electrons. The van der Waals surface area contributed by atoms with Crippen molar-refractivity contribution >= 4 is 108 Å². The lowest BCUT2D eigenvalue weighted by atomic mass is 9.91. The summed E-state index contributed by atoms with van der Waals surface area (Å²) in [6.07, 6.45) is 0. The van der Waals surface area contributed by atoms with E-state index in [4.69, 9.17) is 0 Å². The van der Waals surface area contributed by atoms with Gasteiger partial charge in [0.25, 0.3) is 0 Å². The minimum absolute atomic E-state index is 1.25. The fraction of sp³-hybridized carbons (Fsp3) is 0.0769. The highest BCUT2D eigenvalue weighted by atomic mass is 14.9. The predicted molar refractivity (Wildman–Crippen MR) is 347 cm³/mol. The molecule has 2 aromatic heterocycles. The van der Waals surface area contributed by atoms with Gasteiger partial charge >= 0.3 is 0 Å². The van der Waals surface area contributed by atoms with Crippen LogP contribution in [0.1, 0.15) is 22.3 Å². The molecule has 16 rings (SSSR count). The fourth-order valence-corrected chi connectivity index (χ4v) is 13.4. The van der Waals surface area contributed by atoms with Crippen LogP contribution in [-0.4, -0.2) is 9.13 Å². The third kappa shape index (κ3) is 7.69. The predicted octanol–water partition coefficient (Wildman–Crippen LogP) is 21.5. The highest BCUT2D eigenvalue weighted by Gasteiger charge is 2.16. The van der Waals surface area contributed by atoms with Gasteiger partial charge in [0.15, 0.2) is 0 Å². The van der Waals surface area contributed by atoms with Crippen molar-refractivity contribution in [2.24, 2.45) is 14.1 Å². The summed E-state index contributed by atoms with van der Waals surface area (Å²) in [5.41, 5.74) is 20.2. The van der Waals surface area contributed by atoms with Gasteiger partial charge in [0.05, 0.1) is 0 Å². The number of hydrogen-bond donors (Lipinski definition) is 0. The second-order valence-corrected chi connectivity index (χ2v) is 22.5. The summed E-state index contributed by atoms with van der Waals surface area (Å²) in [4.78, 5) is 0. The highest BCUT2D eigenvalue weighted by Crippen LogP contribution is 2.42. The molecule has 0 unspecified atom stereocenters. The van der Waals surface area contributed by atoms with Gasteiger partial charge in [0.2, 0.25) is 0 Å². The average Bonchev–Trinajstić information content (AvgIpc) is 3.98. The van der Waals surface area contributed by atoms with Gasteiger partial charge in [-0.15, -0.1) is 0 Å². The molecule has 0 saturated heterocycles. The van der Waals surface area contributed by atoms with E-state index >= 15 is 0 Å². The van der Waals surface area contributed by atoms with Crippen molar-refractivity contribution in [1.82, 2.24) is 9.13 Å². The van der Waals surface area contributed by atoms with Crippen molar-refractivity contribution in [3.8, 4) is 44.5 Å². The third-order valence-corrected chi connectivity index (χ3v) is 17.3. The Balaban J connectivity index is 0.000000138. The van der Waals surface area contributed by atoms with Crippen molar-refractivity contribution in [2.75, 3.05) is 0 Å². The molecule has 2 heteroatoms. The molecule has 0 aliphatic rings. The van der Waals surface area contributed by atoms with E-state index in [0.717, 1.165) is 0 Å². The largest absolute Gasteiger partial charge is 0.344 e.